The van der Waals surface area contributed by atoms with Crippen molar-refractivity contribution in [3.05, 3.63) is 63.9 Å². The van der Waals surface area contributed by atoms with Crippen molar-refractivity contribution in [2.45, 2.75) is 20.8 Å². The van der Waals surface area contributed by atoms with E-state index in [-0.39, 0.29) is 20.1 Å². The molecular formula is C19H18BrIrN2O-. The molecule has 0 aliphatic heterocycles. The maximum atomic E-state index is 5.28. The number of hydrogen-bond acceptors (Lipinski definition) is 2. The second-order valence-corrected chi connectivity index (χ2v) is 6.49. The Labute approximate surface area is 164 Å². The molecule has 127 valence electrons. The van der Waals surface area contributed by atoms with Gasteiger partial charge in [-0.3, -0.25) is 4.98 Å². The first-order valence-electron chi connectivity index (χ1n) is 7.38. The van der Waals surface area contributed by atoms with Gasteiger partial charge in [-0.05, 0) is 36.4 Å². The Balaban J connectivity index is 0.00000208. The minimum absolute atomic E-state index is 0. The molecule has 1 radical (unpaired) electrons. The zero-order chi connectivity index (χ0) is 16.6. The second-order valence-electron chi connectivity index (χ2n) is 5.63. The van der Waals surface area contributed by atoms with Crippen molar-refractivity contribution in [2.75, 3.05) is 7.11 Å². The van der Waals surface area contributed by atoms with Gasteiger partial charge in [0.25, 0.3) is 0 Å². The number of aryl methyl sites for hydroxylation is 3. The third kappa shape index (κ3) is 3.48. The van der Waals surface area contributed by atoms with Gasteiger partial charge in [0.2, 0.25) is 0 Å². The number of aromatic nitrogens is 2. The van der Waals surface area contributed by atoms with E-state index in [1.165, 1.54) is 22.4 Å². The average Bonchev–Trinajstić information content (AvgIpc) is 2.95. The van der Waals surface area contributed by atoms with E-state index in [9.17, 15) is 0 Å². The molecule has 1 aromatic heterocycles. The SMILES string of the molecule is COc1c[c-]c(-c2nccn2-c2c(C)cc(C)cc2C)cc1Br.[Ir]. The Kier molecular flexibility index (Phi) is 6.02. The van der Waals surface area contributed by atoms with E-state index in [1.54, 1.807) is 7.11 Å². The van der Waals surface area contributed by atoms with Crippen LogP contribution in [0.1, 0.15) is 16.7 Å². The molecule has 5 heteroatoms. The Morgan fingerprint density at radius 3 is 2.38 bits per heavy atom. The van der Waals surface area contributed by atoms with E-state index in [0.29, 0.717) is 0 Å². The molecule has 3 aromatic rings. The van der Waals surface area contributed by atoms with Crippen LogP contribution < -0.4 is 4.74 Å². The van der Waals surface area contributed by atoms with Crippen molar-refractivity contribution in [1.82, 2.24) is 9.55 Å². The summed E-state index contributed by atoms with van der Waals surface area (Å²) in [6.45, 7) is 6.38. The van der Waals surface area contributed by atoms with Crippen LogP contribution in [0.3, 0.4) is 0 Å². The number of hydrogen-bond donors (Lipinski definition) is 0. The standard InChI is InChI=1S/C19H18BrN2O.Ir/c1-12-9-13(2)18(14(3)10-12)22-8-7-21-19(22)15-5-6-17(23-4)16(20)11-15;/h6-11H,1-4H3;/q-1;. The van der Waals surface area contributed by atoms with E-state index in [1.807, 2.05) is 24.5 Å². The van der Waals surface area contributed by atoms with E-state index in [0.717, 1.165) is 21.6 Å². The van der Waals surface area contributed by atoms with Crippen molar-refractivity contribution in [1.29, 1.82) is 0 Å². The minimum atomic E-state index is 0. The Morgan fingerprint density at radius 2 is 1.79 bits per heavy atom. The topological polar surface area (TPSA) is 27.1 Å². The molecule has 0 saturated heterocycles. The van der Waals surface area contributed by atoms with Crippen LogP contribution in [0.15, 0.2) is 41.1 Å². The zero-order valence-electron chi connectivity index (χ0n) is 14.0. The molecule has 0 spiro atoms. The summed E-state index contributed by atoms with van der Waals surface area (Å²) in [5.41, 5.74) is 5.82. The summed E-state index contributed by atoms with van der Waals surface area (Å²) >= 11 is 3.53. The Bertz CT molecular complexity index is 851. The number of benzene rings is 2. The molecule has 0 amide bonds. The summed E-state index contributed by atoms with van der Waals surface area (Å²) in [5, 5.41) is 0. The van der Waals surface area contributed by atoms with E-state index >= 15 is 0 Å². The van der Waals surface area contributed by atoms with Crippen molar-refractivity contribution in [3.8, 4) is 22.8 Å². The number of ether oxygens (including phenoxy) is 1. The second kappa shape index (κ2) is 7.64. The van der Waals surface area contributed by atoms with Gasteiger partial charge in [0, 0.05) is 43.9 Å². The maximum absolute atomic E-state index is 5.28. The zero-order valence-corrected chi connectivity index (χ0v) is 18.0. The third-order valence-electron chi connectivity index (χ3n) is 3.84. The molecule has 0 saturated carbocycles. The van der Waals surface area contributed by atoms with Gasteiger partial charge in [-0.2, -0.15) is 0 Å². The van der Waals surface area contributed by atoms with E-state index < -0.39 is 0 Å². The quantitative estimate of drug-likeness (QED) is 0.419. The molecule has 2 aromatic carbocycles. The first-order chi connectivity index (χ1) is 11.0. The molecule has 0 unspecified atom stereocenters. The molecule has 0 aliphatic rings. The molecule has 0 N–H and O–H groups in total. The predicted molar refractivity (Wildman–Crippen MR) is 96.3 cm³/mol. The van der Waals surface area contributed by atoms with E-state index in [4.69, 9.17) is 4.74 Å². The van der Waals surface area contributed by atoms with E-state index in [2.05, 4.69) is 64.5 Å². The van der Waals surface area contributed by atoms with Gasteiger partial charge in [0.1, 0.15) is 0 Å². The van der Waals surface area contributed by atoms with Gasteiger partial charge >= 0.3 is 0 Å². The number of halogens is 1. The minimum Gasteiger partial charge on any atom is -0.539 e. The molecule has 0 aliphatic carbocycles. The van der Waals surface area contributed by atoms with Gasteiger partial charge < -0.3 is 9.30 Å². The van der Waals surface area contributed by atoms with Crippen LogP contribution >= 0.6 is 15.9 Å². The van der Waals surface area contributed by atoms with Crippen LogP contribution in [0, 0.1) is 26.8 Å². The molecule has 0 bridgehead atoms. The first kappa shape index (κ1) is 18.9. The Hall–Kier alpha value is -1.42. The summed E-state index contributed by atoms with van der Waals surface area (Å²) in [6, 6.07) is 11.5. The molecule has 0 fully saturated rings. The molecule has 1 heterocycles. The first-order valence-corrected chi connectivity index (χ1v) is 8.17. The molecule has 3 rings (SSSR count). The van der Waals surface area contributed by atoms with Crippen LogP contribution in [-0.2, 0) is 20.1 Å². The monoisotopic (exact) mass is 562 g/mol. The summed E-state index contributed by atoms with van der Waals surface area (Å²) in [5.74, 6) is 1.62. The van der Waals surface area contributed by atoms with Crippen molar-refractivity contribution in [3.63, 3.8) is 0 Å². The normalized spacial score (nSPS) is 10.4. The summed E-state index contributed by atoms with van der Waals surface area (Å²) < 4.78 is 8.29. The van der Waals surface area contributed by atoms with Crippen molar-refractivity contribution >= 4 is 15.9 Å². The average molecular weight is 562 g/mol. The fourth-order valence-corrected chi connectivity index (χ4v) is 3.48. The summed E-state index contributed by atoms with van der Waals surface area (Å²) in [7, 11) is 1.65. The van der Waals surface area contributed by atoms with Crippen LogP contribution in [-0.4, -0.2) is 16.7 Å². The van der Waals surface area contributed by atoms with Crippen LogP contribution in [0.2, 0.25) is 0 Å². The number of methoxy groups -OCH3 is 1. The molecular weight excluding hydrogens is 544 g/mol. The molecule has 24 heavy (non-hydrogen) atoms. The third-order valence-corrected chi connectivity index (χ3v) is 4.46. The number of nitrogens with zero attached hydrogens (tertiary/aromatic N) is 2. The van der Waals surface area contributed by atoms with Crippen LogP contribution in [0.25, 0.3) is 17.1 Å². The van der Waals surface area contributed by atoms with Crippen molar-refractivity contribution < 1.29 is 24.8 Å². The fraction of sp³-hybridized carbons (Fsp3) is 0.211. The number of rotatable bonds is 3. The number of imidazole rings is 1. The molecule has 0 atom stereocenters. The molecule has 3 nitrogen and oxygen atoms in total. The summed E-state index contributed by atoms with van der Waals surface area (Å²) in [6.07, 6.45) is 3.81. The smallest absolute Gasteiger partial charge is 0.0648 e. The summed E-state index contributed by atoms with van der Waals surface area (Å²) in [4.78, 5) is 4.53. The predicted octanol–water partition coefficient (Wildman–Crippen LogP) is 5.03. The van der Waals surface area contributed by atoms with Gasteiger partial charge in [0.15, 0.2) is 0 Å². The largest absolute Gasteiger partial charge is 0.539 e. The van der Waals surface area contributed by atoms with Gasteiger partial charge in [-0.1, -0.05) is 33.6 Å². The van der Waals surface area contributed by atoms with Gasteiger partial charge in [-0.15, -0.1) is 23.8 Å². The Morgan fingerprint density at radius 1 is 1.12 bits per heavy atom. The van der Waals surface area contributed by atoms with Crippen molar-refractivity contribution in [2.24, 2.45) is 0 Å². The van der Waals surface area contributed by atoms with Gasteiger partial charge in [-0.25, -0.2) is 0 Å². The van der Waals surface area contributed by atoms with Crippen LogP contribution in [0.4, 0.5) is 0 Å². The fourth-order valence-electron chi connectivity index (χ4n) is 2.97. The maximum Gasteiger partial charge on any atom is 0.0648 e. The van der Waals surface area contributed by atoms with Crippen LogP contribution in [0.5, 0.6) is 5.75 Å². The van der Waals surface area contributed by atoms with Gasteiger partial charge in [0.05, 0.1) is 12.9 Å².